The second-order valence-corrected chi connectivity index (χ2v) is 22.2. The number of aliphatic hydroxyl groups excluding tert-OH is 4. The Hall–Kier alpha value is -4.21. The van der Waals surface area contributed by atoms with Gasteiger partial charge in [-0.1, -0.05) is 132 Å². The van der Waals surface area contributed by atoms with E-state index in [0.29, 0.717) is 51.4 Å². The van der Waals surface area contributed by atoms with E-state index in [-0.39, 0.29) is 25.1 Å². The normalized spacial score (nSPS) is 28.9. The first-order valence-corrected chi connectivity index (χ1v) is 30.0. The molecule has 11 atom stereocenters. The highest BCUT2D eigenvalue weighted by molar-refractivity contribution is 7.61. The van der Waals surface area contributed by atoms with Crippen LogP contribution < -0.4 is 11.4 Å². The van der Waals surface area contributed by atoms with E-state index in [1.165, 1.54) is 24.4 Å². The number of Topliss-reactive ketones (excluding diaryl/α,β-unsaturated/α-hetero) is 1. The number of nitrogens with two attached hydrogens (primary N) is 1. The van der Waals surface area contributed by atoms with Crippen LogP contribution in [0.25, 0.3) is 0 Å². The maximum Gasteiger partial charge on any atom is 0.481 e. The Balaban J connectivity index is 1.74. The number of ketones is 1. The van der Waals surface area contributed by atoms with Gasteiger partial charge in [-0.15, -0.1) is 0 Å². The van der Waals surface area contributed by atoms with Gasteiger partial charge < -0.3 is 50.2 Å². The molecule has 0 aromatic carbocycles. The zero-order valence-electron chi connectivity index (χ0n) is 44.7. The number of phosphoric acid groups is 2. The number of aliphatic hydroxyl groups is 4. The molecular formula is C54H85N3O18P2. The Morgan fingerprint density at radius 2 is 1.45 bits per heavy atom. The van der Waals surface area contributed by atoms with Crippen LogP contribution in [0, 0.1) is 11.8 Å². The molecule has 434 valence electrons. The quantitative estimate of drug-likeness (QED) is 0.0235. The molecule has 0 saturated carbocycles. The van der Waals surface area contributed by atoms with E-state index in [0.717, 1.165) is 62.4 Å². The van der Waals surface area contributed by atoms with Crippen molar-refractivity contribution < 1.29 is 81.3 Å². The first-order chi connectivity index (χ1) is 36.9. The molecule has 21 nitrogen and oxygen atoms in total. The lowest BCUT2D eigenvalue weighted by Crippen LogP contribution is -2.51. The van der Waals surface area contributed by atoms with Crippen LogP contribution in [-0.4, -0.2) is 114 Å². The number of allylic oxidation sites excluding steroid dienone is 10. The number of rotatable bonds is 23. The smallest absolute Gasteiger partial charge is 0.462 e. The number of hydrogen-bond donors (Lipinski definition) is 7. The SMILES string of the molecule is CC/C=C\C/C=C\C/C=C\C/C=C\C/C=C\CCCCCC(=O)O[C@@H]1COC(=O)CCCCCC[C@@H]2[C@H](n3ccc(N)nc3=O)O[C@H](COP(=O)(O)OP(=O)(O)OC1)[C@@H](O)[C@@H](O)[C@@H](/C=C/[C@@H](O)CCCCC)C(=O)C[C@@H]2O. The number of cyclic esters (lactones) is 1. The molecule has 2 aliphatic heterocycles. The standard InChI is InChI=1S/C54H85N3O18P2/c1-3-5-7-8-9-10-11-12-13-14-15-16-17-18-19-20-21-22-28-32-50(62)73-42-38-70-49(61)31-27-24-23-26-30-44-46(60)37-45(59)43(34-33-41(58)29-25-6-4-2)51(63)52(64)47(40-72-77(68,69)75-76(66,67)71-39-42)74-53(44)57-36-35-48(55)56-54(57)65/h5,7,9-10,12-13,15-16,18-19,33-36,41-44,46-47,51-53,58,60,63-64H,3-4,6,8,11,14,17,20-32,37-40H2,1-2H3,(H,66,67)(H,68,69)(H2,55,56,65)/b7-5-,10-9-,13-12-,16-15-,19-18-,34-33+/t41-,42+,43-,44-,46-,47+,51-,52+,53+/m0/s1. The number of nitrogens with zero attached hydrogens (tertiary/aromatic N) is 2. The van der Waals surface area contributed by atoms with Crippen LogP contribution in [-0.2, 0) is 51.1 Å². The van der Waals surface area contributed by atoms with Gasteiger partial charge in [-0.05, 0) is 76.7 Å². The van der Waals surface area contributed by atoms with Crippen molar-refractivity contribution in [3.63, 3.8) is 0 Å². The molecule has 3 rings (SSSR count). The summed E-state index contributed by atoms with van der Waals surface area (Å²) in [7, 11) is -11.3. The van der Waals surface area contributed by atoms with E-state index in [9.17, 15) is 58.5 Å². The molecule has 0 amide bonds. The van der Waals surface area contributed by atoms with Crippen LogP contribution in [0.5, 0.6) is 0 Å². The van der Waals surface area contributed by atoms with Crippen LogP contribution in [0.15, 0.2) is 90.0 Å². The zero-order valence-corrected chi connectivity index (χ0v) is 46.5. The van der Waals surface area contributed by atoms with Gasteiger partial charge in [0.05, 0.1) is 37.4 Å². The third-order valence-electron chi connectivity index (χ3n) is 12.7. The van der Waals surface area contributed by atoms with Crippen LogP contribution in [0.4, 0.5) is 5.82 Å². The molecule has 2 saturated heterocycles. The Bertz CT molecular complexity index is 2250. The molecule has 0 aliphatic carbocycles. The summed E-state index contributed by atoms with van der Waals surface area (Å²) in [5.74, 6) is -5.11. The lowest BCUT2D eigenvalue weighted by molar-refractivity contribution is -0.188. The van der Waals surface area contributed by atoms with Crippen LogP contribution >= 0.6 is 15.6 Å². The maximum atomic E-state index is 14.0. The van der Waals surface area contributed by atoms with Gasteiger partial charge in [-0.25, -0.2) is 13.9 Å². The van der Waals surface area contributed by atoms with E-state index in [2.05, 4.69) is 77.0 Å². The van der Waals surface area contributed by atoms with Gasteiger partial charge in [-0.3, -0.25) is 28.0 Å². The Kier molecular flexibility index (Phi) is 32.8. The minimum absolute atomic E-state index is 0.0404. The number of aromatic nitrogens is 2. The predicted molar refractivity (Wildman–Crippen MR) is 289 cm³/mol. The molecule has 1 aromatic heterocycles. The highest BCUT2D eigenvalue weighted by Gasteiger charge is 2.45. The van der Waals surface area contributed by atoms with Crippen molar-refractivity contribution in [3.05, 3.63) is 95.7 Å². The summed E-state index contributed by atoms with van der Waals surface area (Å²) in [6, 6.07) is 1.24. The number of ether oxygens (including phenoxy) is 3. The average molecular weight is 1130 g/mol. The molecular weight excluding hydrogens is 1040 g/mol. The fourth-order valence-corrected chi connectivity index (χ4v) is 10.5. The molecule has 2 aliphatic rings. The van der Waals surface area contributed by atoms with Crippen LogP contribution in [0.2, 0.25) is 0 Å². The van der Waals surface area contributed by atoms with Crippen molar-refractivity contribution >= 4 is 39.2 Å². The predicted octanol–water partition coefficient (Wildman–Crippen LogP) is 8.26. The number of unbranched alkanes of at least 4 members (excludes halogenated alkanes) is 5. The number of phosphoric ester groups is 2. The summed E-state index contributed by atoms with van der Waals surface area (Å²) in [6.07, 6.45) is 23.8. The van der Waals surface area contributed by atoms with Crippen LogP contribution in [0.1, 0.15) is 155 Å². The Morgan fingerprint density at radius 1 is 0.818 bits per heavy atom. The Labute approximate surface area is 453 Å². The van der Waals surface area contributed by atoms with E-state index in [1.54, 1.807) is 0 Å². The number of fused-ring (bicyclic) bond motifs is 3. The van der Waals surface area contributed by atoms with E-state index in [1.807, 2.05) is 6.92 Å². The summed E-state index contributed by atoms with van der Waals surface area (Å²) < 4.78 is 59.1. The number of carbonyl (C=O) groups is 3. The monoisotopic (exact) mass is 1130 g/mol. The van der Waals surface area contributed by atoms with Gasteiger partial charge in [0.2, 0.25) is 0 Å². The first kappa shape index (κ1) is 67.1. The number of carbonyl (C=O) groups excluding carboxylic acids is 3. The molecule has 0 spiro atoms. The molecule has 2 bridgehead atoms. The number of esters is 2. The first-order valence-electron chi connectivity index (χ1n) is 27.1. The second-order valence-electron chi connectivity index (χ2n) is 19.1. The fraction of sp³-hybridized carbons (Fsp3) is 0.648. The topological polar surface area (TPSA) is 323 Å². The molecule has 23 heteroatoms. The Morgan fingerprint density at radius 3 is 2.10 bits per heavy atom. The van der Waals surface area contributed by atoms with Crippen molar-refractivity contribution in [2.24, 2.45) is 11.8 Å². The number of nitrogen functional groups attached to an aromatic ring is 1. The average Bonchev–Trinajstić information content (AvgIpc) is 3.37. The summed E-state index contributed by atoms with van der Waals surface area (Å²) in [5, 5.41) is 45.8. The fourth-order valence-electron chi connectivity index (χ4n) is 8.42. The third kappa shape index (κ3) is 28.0. The molecule has 2 unspecified atom stereocenters. The minimum atomic E-state index is -5.73. The molecule has 77 heavy (non-hydrogen) atoms. The van der Waals surface area contributed by atoms with Crippen molar-refractivity contribution in [1.82, 2.24) is 9.55 Å². The second kappa shape index (κ2) is 37.6. The lowest BCUT2D eigenvalue weighted by Gasteiger charge is -2.39. The molecule has 3 heterocycles. The van der Waals surface area contributed by atoms with Crippen molar-refractivity contribution in [2.75, 3.05) is 25.6 Å². The molecule has 0 radical (unpaired) electrons. The van der Waals surface area contributed by atoms with Gasteiger partial charge in [0.15, 0.2) is 6.10 Å². The molecule has 2 fully saturated rings. The minimum Gasteiger partial charge on any atom is -0.462 e. The lowest BCUT2D eigenvalue weighted by atomic mass is 9.83. The van der Waals surface area contributed by atoms with Gasteiger partial charge in [0.1, 0.15) is 36.6 Å². The summed E-state index contributed by atoms with van der Waals surface area (Å²) in [4.78, 5) is 78.3. The van der Waals surface area contributed by atoms with Crippen molar-refractivity contribution in [3.8, 4) is 0 Å². The zero-order chi connectivity index (χ0) is 56.5. The molecule has 8 N–H and O–H groups in total. The largest absolute Gasteiger partial charge is 0.481 e. The summed E-state index contributed by atoms with van der Waals surface area (Å²) >= 11 is 0. The highest BCUT2D eigenvalue weighted by Crippen LogP contribution is 2.60. The molecule has 1 aromatic rings. The summed E-state index contributed by atoms with van der Waals surface area (Å²) in [6.45, 7) is 1.33. The third-order valence-corrected chi connectivity index (χ3v) is 15.3. The van der Waals surface area contributed by atoms with Gasteiger partial charge in [0, 0.05) is 31.4 Å². The van der Waals surface area contributed by atoms with Crippen LogP contribution in [0.3, 0.4) is 0 Å². The van der Waals surface area contributed by atoms with E-state index in [4.69, 9.17) is 29.0 Å². The summed E-state index contributed by atoms with van der Waals surface area (Å²) in [5.41, 5.74) is 4.78. The van der Waals surface area contributed by atoms with E-state index >= 15 is 0 Å². The number of hydrogen-bond acceptors (Lipinski definition) is 18. The van der Waals surface area contributed by atoms with E-state index < -0.39 is 120 Å². The van der Waals surface area contributed by atoms with Gasteiger partial charge >= 0.3 is 33.3 Å². The van der Waals surface area contributed by atoms with Gasteiger partial charge in [-0.2, -0.15) is 9.29 Å². The van der Waals surface area contributed by atoms with Crippen molar-refractivity contribution in [2.45, 2.75) is 192 Å². The van der Waals surface area contributed by atoms with Crippen molar-refractivity contribution in [1.29, 1.82) is 0 Å². The number of anilines is 1. The van der Waals surface area contributed by atoms with Gasteiger partial charge in [0.25, 0.3) is 0 Å². The highest BCUT2D eigenvalue weighted by atomic mass is 31.3. The maximum absolute atomic E-state index is 14.0.